The molecule has 0 aliphatic heterocycles. The minimum absolute atomic E-state index is 0. The number of guanidine groups is 1. The molecular formula is C20H25ClF3IN4O2. The van der Waals surface area contributed by atoms with Crippen molar-refractivity contribution in [1.82, 2.24) is 15.6 Å². The molecule has 0 bridgehead atoms. The Morgan fingerprint density at radius 3 is 2.68 bits per heavy atom. The number of rotatable bonds is 9. The van der Waals surface area contributed by atoms with E-state index in [0.29, 0.717) is 30.6 Å². The predicted molar refractivity (Wildman–Crippen MR) is 125 cm³/mol. The number of nitrogens with zero attached hydrogens (tertiary/aromatic N) is 2. The molecule has 0 spiro atoms. The van der Waals surface area contributed by atoms with Crippen molar-refractivity contribution in [1.29, 1.82) is 0 Å². The largest absolute Gasteiger partial charge is 0.491 e. The van der Waals surface area contributed by atoms with Crippen molar-refractivity contribution in [3.05, 3.63) is 58.9 Å². The Bertz CT molecular complexity index is 823. The number of benzene rings is 1. The van der Waals surface area contributed by atoms with Crippen LogP contribution in [0.15, 0.2) is 47.6 Å². The van der Waals surface area contributed by atoms with Gasteiger partial charge in [0.2, 0.25) is 0 Å². The molecule has 3 N–H and O–H groups in total. The Labute approximate surface area is 201 Å². The molecule has 1 aromatic heterocycles. The fraction of sp³-hybridized carbons (Fsp3) is 0.400. The number of hydrogen-bond acceptors (Lipinski definition) is 4. The predicted octanol–water partition coefficient (Wildman–Crippen LogP) is 3.91. The maximum absolute atomic E-state index is 12.7. The lowest BCUT2D eigenvalue weighted by Gasteiger charge is -2.14. The van der Waals surface area contributed by atoms with Gasteiger partial charge >= 0.3 is 6.18 Å². The average molecular weight is 573 g/mol. The number of halogens is 5. The van der Waals surface area contributed by atoms with Crippen LogP contribution in [0.1, 0.15) is 18.1 Å². The van der Waals surface area contributed by atoms with Gasteiger partial charge in [0.05, 0.1) is 12.1 Å². The molecule has 0 saturated carbocycles. The molecule has 0 amide bonds. The highest BCUT2D eigenvalue weighted by Crippen LogP contribution is 2.31. The van der Waals surface area contributed by atoms with Gasteiger partial charge in [0.1, 0.15) is 23.6 Å². The van der Waals surface area contributed by atoms with Gasteiger partial charge in [-0.15, -0.1) is 24.0 Å². The van der Waals surface area contributed by atoms with Gasteiger partial charge in [-0.1, -0.05) is 23.7 Å². The van der Waals surface area contributed by atoms with Crippen LogP contribution in [-0.4, -0.2) is 48.4 Å². The maximum atomic E-state index is 12.7. The third-order valence-electron chi connectivity index (χ3n) is 3.90. The van der Waals surface area contributed by atoms with E-state index in [2.05, 4.69) is 20.6 Å². The zero-order valence-electron chi connectivity index (χ0n) is 16.8. The normalized spacial score (nSPS) is 12.6. The number of hydrogen-bond donors (Lipinski definition) is 3. The van der Waals surface area contributed by atoms with E-state index in [9.17, 15) is 18.3 Å². The number of alkyl halides is 3. The summed E-state index contributed by atoms with van der Waals surface area (Å²) < 4.78 is 43.5. The number of ether oxygens (including phenoxy) is 1. The van der Waals surface area contributed by atoms with Crippen LogP contribution in [0, 0.1) is 0 Å². The Hall–Kier alpha value is -1.79. The van der Waals surface area contributed by atoms with Gasteiger partial charge in [-0.05, 0) is 43.2 Å². The van der Waals surface area contributed by atoms with E-state index in [-0.39, 0.29) is 42.9 Å². The van der Waals surface area contributed by atoms with Crippen molar-refractivity contribution in [2.45, 2.75) is 25.6 Å². The molecule has 1 aromatic carbocycles. The lowest BCUT2D eigenvalue weighted by atomic mass is 10.2. The standard InChI is InChI=1S/C20H24ClF3N4O2.HI/c1-2-25-19(26-9-8-14-6-7-18(21)27-11-14)28-12-16(29)13-30-17-5-3-4-15(10-17)20(22,23)24;/h3-7,10-11,16,29H,2,8-9,12-13H2,1H3,(H2,25,26,28);1H. The second kappa shape index (κ2) is 13.6. The van der Waals surface area contributed by atoms with Gasteiger partial charge in [0.25, 0.3) is 0 Å². The zero-order valence-corrected chi connectivity index (χ0v) is 19.9. The number of aliphatic imine (C=N–C) groups is 1. The summed E-state index contributed by atoms with van der Waals surface area (Å²) in [5.74, 6) is 0.548. The lowest BCUT2D eigenvalue weighted by molar-refractivity contribution is -0.137. The summed E-state index contributed by atoms with van der Waals surface area (Å²) >= 11 is 5.76. The smallest absolute Gasteiger partial charge is 0.416 e. The molecule has 2 rings (SSSR count). The summed E-state index contributed by atoms with van der Waals surface area (Å²) in [5.41, 5.74) is 0.208. The molecule has 2 aromatic rings. The first kappa shape index (κ1) is 27.2. The minimum atomic E-state index is -4.45. The van der Waals surface area contributed by atoms with Crippen molar-refractivity contribution >= 4 is 41.5 Å². The van der Waals surface area contributed by atoms with Crippen molar-refractivity contribution in [3.63, 3.8) is 0 Å². The number of aliphatic hydroxyl groups is 1. The summed E-state index contributed by atoms with van der Waals surface area (Å²) in [7, 11) is 0. The average Bonchev–Trinajstić information content (AvgIpc) is 2.71. The van der Waals surface area contributed by atoms with Gasteiger partial charge in [-0.2, -0.15) is 13.2 Å². The van der Waals surface area contributed by atoms with Crippen LogP contribution in [0.5, 0.6) is 5.75 Å². The lowest BCUT2D eigenvalue weighted by Crippen LogP contribution is -2.39. The van der Waals surface area contributed by atoms with Crippen molar-refractivity contribution in [2.24, 2.45) is 4.99 Å². The van der Waals surface area contributed by atoms with E-state index in [1.807, 2.05) is 13.0 Å². The van der Waals surface area contributed by atoms with E-state index >= 15 is 0 Å². The van der Waals surface area contributed by atoms with Gasteiger partial charge < -0.3 is 20.5 Å². The SMILES string of the molecule is CCNC(=NCC(O)COc1cccc(C(F)(F)F)c1)NCCc1ccc(Cl)nc1.I. The first-order chi connectivity index (χ1) is 14.3. The number of aliphatic hydroxyl groups excluding tert-OH is 1. The third-order valence-corrected chi connectivity index (χ3v) is 4.13. The maximum Gasteiger partial charge on any atom is 0.416 e. The Balaban J connectivity index is 0.00000480. The third kappa shape index (κ3) is 10.4. The van der Waals surface area contributed by atoms with E-state index in [1.54, 1.807) is 12.3 Å². The topological polar surface area (TPSA) is 78.8 Å². The van der Waals surface area contributed by atoms with Crippen molar-refractivity contribution in [2.75, 3.05) is 26.2 Å². The molecular weight excluding hydrogens is 548 g/mol. The molecule has 1 heterocycles. The van der Waals surface area contributed by atoms with E-state index in [0.717, 1.165) is 17.7 Å². The van der Waals surface area contributed by atoms with Crippen LogP contribution in [0.4, 0.5) is 13.2 Å². The number of pyridine rings is 1. The van der Waals surface area contributed by atoms with Crippen LogP contribution < -0.4 is 15.4 Å². The van der Waals surface area contributed by atoms with E-state index in [4.69, 9.17) is 16.3 Å². The van der Waals surface area contributed by atoms with Gasteiger partial charge in [0, 0.05) is 19.3 Å². The summed E-state index contributed by atoms with van der Waals surface area (Å²) in [6, 6.07) is 8.12. The molecule has 11 heteroatoms. The van der Waals surface area contributed by atoms with E-state index in [1.165, 1.54) is 12.1 Å². The molecule has 0 aliphatic rings. The summed E-state index contributed by atoms with van der Waals surface area (Å²) in [4.78, 5) is 8.29. The Morgan fingerprint density at radius 2 is 2.03 bits per heavy atom. The molecule has 0 radical (unpaired) electrons. The molecule has 6 nitrogen and oxygen atoms in total. The van der Waals surface area contributed by atoms with Crippen molar-refractivity contribution < 1.29 is 23.0 Å². The summed E-state index contributed by atoms with van der Waals surface area (Å²) in [6.45, 7) is 2.97. The van der Waals surface area contributed by atoms with Crippen molar-refractivity contribution in [3.8, 4) is 5.75 Å². The van der Waals surface area contributed by atoms with Crippen LogP contribution in [0.3, 0.4) is 0 Å². The monoisotopic (exact) mass is 572 g/mol. The van der Waals surface area contributed by atoms with Crippen LogP contribution >= 0.6 is 35.6 Å². The minimum Gasteiger partial charge on any atom is -0.491 e. The highest BCUT2D eigenvalue weighted by atomic mass is 127. The van der Waals surface area contributed by atoms with Crippen LogP contribution in [0.25, 0.3) is 0 Å². The van der Waals surface area contributed by atoms with Gasteiger partial charge in [0.15, 0.2) is 5.96 Å². The number of aromatic nitrogens is 1. The Kier molecular flexibility index (Phi) is 11.9. The molecule has 172 valence electrons. The van der Waals surface area contributed by atoms with Crippen LogP contribution in [-0.2, 0) is 12.6 Å². The van der Waals surface area contributed by atoms with Gasteiger partial charge in [-0.25, -0.2) is 4.98 Å². The summed E-state index contributed by atoms with van der Waals surface area (Å²) in [6.07, 6.45) is -3.02. The molecule has 31 heavy (non-hydrogen) atoms. The fourth-order valence-electron chi connectivity index (χ4n) is 2.43. The highest BCUT2D eigenvalue weighted by Gasteiger charge is 2.30. The highest BCUT2D eigenvalue weighted by molar-refractivity contribution is 14.0. The molecule has 0 aliphatic carbocycles. The second-order valence-corrected chi connectivity index (χ2v) is 6.76. The Morgan fingerprint density at radius 1 is 1.26 bits per heavy atom. The van der Waals surface area contributed by atoms with Gasteiger partial charge in [-0.3, -0.25) is 4.99 Å². The first-order valence-corrected chi connectivity index (χ1v) is 9.76. The van der Waals surface area contributed by atoms with Crippen LogP contribution in [0.2, 0.25) is 5.15 Å². The van der Waals surface area contributed by atoms with E-state index < -0.39 is 17.8 Å². The fourth-order valence-corrected chi connectivity index (χ4v) is 2.54. The number of nitrogens with one attached hydrogen (secondary N) is 2. The summed E-state index contributed by atoms with van der Waals surface area (Å²) in [5, 5.41) is 16.7. The first-order valence-electron chi connectivity index (χ1n) is 9.38. The second-order valence-electron chi connectivity index (χ2n) is 6.38. The molecule has 0 saturated heterocycles. The quantitative estimate of drug-likeness (QED) is 0.184. The molecule has 1 unspecified atom stereocenters. The molecule has 1 atom stereocenters. The zero-order chi connectivity index (χ0) is 22.0. The molecule has 0 fully saturated rings.